The van der Waals surface area contributed by atoms with E-state index in [4.69, 9.17) is 4.74 Å². The van der Waals surface area contributed by atoms with Gasteiger partial charge in [0, 0.05) is 35.3 Å². The Bertz CT molecular complexity index is 507. The standard InChI is InChI=1S/C15H22IN3O3/c1-2-13(5-6-18-7-9-22-10-8-18)17-14-4-3-12(16)11-15(14)19(20)21/h3-4,11,13,17H,2,5-10H2,1H3/t13-/m0/s1. The highest BCUT2D eigenvalue weighted by atomic mass is 127. The molecule has 7 heteroatoms. The number of ether oxygens (including phenoxy) is 1. The summed E-state index contributed by atoms with van der Waals surface area (Å²) in [5, 5.41) is 14.5. The molecular formula is C15H22IN3O3. The van der Waals surface area contributed by atoms with Crippen LogP contribution in [0.2, 0.25) is 0 Å². The number of nitrogens with zero attached hydrogens (tertiary/aromatic N) is 2. The average Bonchev–Trinajstić information content (AvgIpc) is 2.53. The maximum atomic E-state index is 11.2. The first-order chi connectivity index (χ1) is 10.6. The molecule has 1 heterocycles. The van der Waals surface area contributed by atoms with Crippen LogP contribution in [0.4, 0.5) is 11.4 Å². The number of nitrogens with one attached hydrogen (secondary N) is 1. The van der Waals surface area contributed by atoms with Gasteiger partial charge >= 0.3 is 0 Å². The third kappa shape index (κ3) is 5.06. The lowest BCUT2D eigenvalue weighted by Crippen LogP contribution is -2.38. The highest BCUT2D eigenvalue weighted by Crippen LogP contribution is 2.27. The predicted octanol–water partition coefficient (Wildman–Crippen LogP) is 3.11. The van der Waals surface area contributed by atoms with E-state index in [0.717, 1.165) is 49.3 Å². The molecule has 0 aliphatic carbocycles. The number of rotatable bonds is 7. The van der Waals surface area contributed by atoms with Crippen molar-refractivity contribution in [2.45, 2.75) is 25.8 Å². The van der Waals surface area contributed by atoms with Crippen molar-refractivity contribution in [3.8, 4) is 0 Å². The van der Waals surface area contributed by atoms with Crippen molar-refractivity contribution in [1.29, 1.82) is 0 Å². The first kappa shape index (κ1) is 17.4. The smallest absolute Gasteiger partial charge is 0.293 e. The van der Waals surface area contributed by atoms with Crippen LogP contribution in [0.1, 0.15) is 19.8 Å². The van der Waals surface area contributed by atoms with Gasteiger partial charge in [-0.2, -0.15) is 0 Å². The van der Waals surface area contributed by atoms with Crippen LogP contribution in [0.15, 0.2) is 18.2 Å². The van der Waals surface area contributed by atoms with E-state index in [0.29, 0.717) is 5.69 Å². The Labute approximate surface area is 144 Å². The topological polar surface area (TPSA) is 67.6 Å². The van der Waals surface area contributed by atoms with Crippen LogP contribution in [-0.4, -0.2) is 48.7 Å². The van der Waals surface area contributed by atoms with E-state index in [-0.39, 0.29) is 16.7 Å². The molecule has 2 rings (SSSR count). The zero-order valence-electron chi connectivity index (χ0n) is 12.8. The van der Waals surface area contributed by atoms with E-state index in [1.54, 1.807) is 12.1 Å². The van der Waals surface area contributed by atoms with Crippen LogP contribution in [0.25, 0.3) is 0 Å². The lowest BCUT2D eigenvalue weighted by Gasteiger charge is -2.28. The lowest BCUT2D eigenvalue weighted by atomic mass is 10.1. The molecule has 1 atom stereocenters. The van der Waals surface area contributed by atoms with Gasteiger partial charge in [0.15, 0.2) is 0 Å². The van der Waals surface area contributed by atoms with Crippen molar-refractivity contribution in [2.24, 2.45) is 0 Å². The Balaban J connectivity index is 1.96. The van der Waals surface area contributed by atoms with Crippen LogP contribution in [-0.2, 0) is 4.74 Å². The van der Waals surface area contributed by atoms with E-state index in [2.05, 4.69) is 39.7 Å². The van der Waals surface area contributed by atoms with Crippen LogP contribution >= 0.6 is 22.6 Å². The molecular weight excluding hydrogens is 397 g/mol. The lowest BCUT2D eigenvalue weighted by molar-refractivity contribution is -0.384. The fraction of sp³-hybridized carbons (Fsp3) is 0.600. The number of morpholine rings is 1. The maximum Gasteiger partial charge on any atom is 0.293 e. The van der Waals surface area contributed by atoms with Crippen molar-refractivity contribution in [1.82, 2.24) is 4.90 Å². The molecule has 1 fully saturated rings. The summed E-state index contributed by atoms with van der Waals surface area (Å²) in [6.45, 7) is 6.64. The number of hydrogen-bond acceptors (Lipinski definition) is 5. The Morgan fingerprint density at radius 2 is 2.18 bits per heavy atom. The monoisotopic (exact) mass is 419 g/mol. The van der Waals surface area contributed by atoms with Gasteiger partial charge in [0.1, 0.15) is 5.69 Å². The van der Waals surface area contributed by atoms with Gasteiger partial charge in [-0.25, -0.2) is 0 Å². The third-order valence-electron chi connectivity index (χ3n) is 3.91. The number of anilines is 1. The van der Waals surface area contributed by atoms with Crippen molar-refractivity contribution >= 4 is 34.0 Å². The minimum Gasteiger partial charge on any atom is -0.379 e. The van der Waals surface area contributed by atoms with Crippen molar-refractivity contribution in [2.75, 3.05) is 38.2 Å². The summed E-state index contributed by atoms with van der Waals surface area (Å²) in [6.07, 6.45) is 1.91. The Morgan fingerprint density at radius 1 is 1.45 bits per heavy atom. The van der Waals surface area contributed by atoms with Crippen molar-refractivity contribution in [3.63, 3.8) is 0 Å². The molecule has 122 valence electrons. The largest absolute Gasteiger partial charge is 0.379 e. The second kappa shape index (κ2) is 8.64. The number of nitro benzene ring substituents is 1. The molecule has 0 spiro atoms. The van der Waals surface area contributed by atoms with Crippen LogP contribution in [0, 0.1) is 13.7 Å². The minimum atomic E-state index is -0.320. The average molecular weight is 419 g/mol. The summed E-state index contributed by atoms with van der Waals surface area (Å²) >= 11 is 2.09. The van der Waals surface area contributed by atoms with E-state index < -0.39 is 0 Å². The van der Waals surface area contributed by atoms with Gasteiger partial charge in [-0.1, -0.05) is 6.92 Å². The molecule has 1 N–H and O–H groups in total. The molecule has 0 unspecified atom stereocenters. The van der Waals surface area contributed by atoms with E-state index in [1.165, 1.54) is 0 Å². The summed E-state index contributed by atoms with van der Waals surface area (Å²) in [6, 6.07) is 5.54. The van der Waals surface area contributed by atoms with Gasteiger partial charge in [0.25, 0.3) is 5.69 Å². The van der Waals surface area contributed by atoms with Gasteiger partial charge < -0.3 is 10.1 Å². The number of hydrogen-bond donors (Lipinski definition) is 1. The van der Waals surface area contributed by atoms with Gasteiger partial charge in [0.05, 0.1) is 18.1 Å². The molecule has 1 saturated heterocycles. The Kier molecular flexibility index (Phi) is 6.84. The molecule has 22 heavy (non-hydrogen) atoms. The maximum absolute atomic E-state index is 11.2. The van der Waals surface area contributed by atoms with E-state index in [9.17, 15) is 10.1 Å². The Morgan fingerprint density at radius 3 is 2.82 bits per heavy atom. The molecule has 0 saturated carbocycles. The summed E-state index contributed by atoms with van der Waals surface area (Å²) in [5.74, 6) is 0. The van der Waals surface area contributed by atoms with Gasteiger partial charge in [-0.3, -0.25) is 15.0 Å². The fourth-order valence-electron chi connectivity index (χ4n) is 2.54. The second-order valence-corrected chi connectivity index (χ2v) is 6.66. The molecule has 0 aromatic heterocycles. The molecule has 1 aromatic rings. The summed E-state index contributed by atoms with van der Waals surface area (Å²) in [5.41, 5.74) is 0.760. The highest BCUT2D eigenvalue weighted by Gasteiger charge is 2.18. The van der Waals surface area contributed by atoms with Gasteiger partial charge in [-0.05, 0) is 47.6 Å². The number of halogens is 1. The highest BCUT2D eigenvalue weighted by molar-refractivity contribution is 14.1. The first-order valence-electron chi connectivity index (χ1n) is 7.60. The molecule has 6 nitrogen and oxygen atoms in total. The van der Waals surface area contributed by atoms with E-state index in [1.807, 2.05) is 6.07 Å². The van der Waals surface area contributed by atoms with Crippen LogP contribution < -0.4 is 5.32 Å². The van der Waals surface area contributed by atoms with Crippen LogP contribution in [0.5, 0.6) is 0 Å². The van der Waals surface area contributed by atoms with Crippen molar-refractivity contribution < 1.29 is 9.66 Å². The quantitative estimate of drug-likeness (QED) is 0.418. The third-order valence-corrected chi connectivity index (χ3v) is 4.58. The fourth-order valence-corrected chi connectivity index (χ4v) is 3.01. The number of benzene rings is 1. The molecule has 0 bridgehead atoms. The van der Waals surface area contributed by atoms with Gasteiger partial charge in [0.2, 0.25) is 0 Å². The van der Waals surface area contributed by atoms with E-state index >= 15 is 0 Å². The SMILES string of the molecule is CC[C@@H](CCN1CCOCC1)Nc1ccc(I)cc1[N+](=O)[O-]. The summed E-state index contributed by atoms with van der Waals surface area (Å²) < 4.78 is 6.22. The van der Waals surface area contributed by atoms with Crippen LogP contribution in [0.3, 0.4) is 0 Å². The molecule has 1 aliphatic heterocycles. The van der Waals surface area contributed by atoms with Gasteiger partial charge in [-0.15, -0.1) is 0 Å². The molecule has 0 amide bonds. The first-order valence-corrected chi connectivity index (χ1v) is 8.68. The second-order valence-electron chi connectivity index (χ2n) is 5.41. The number of nitro groups is 1. The zero-order valence-corrected chi connectivity index (χ0v) is 14.9. The molecule has 0 radical (unpaired) electrons. The van der Waals surface area contributed by atoms with Crippen molar-refractivity contribution in [3.05, 3.63) is 31.9 Å². The molecule has 1 aromatic carbocycles. The summed E-state index contributed by atoms with van der Waals surface area (Å²) in [7, 11) is 0. The summed E-state index contributed by atoms with van der Waals surface area (Å²) in [4.78, 5) is 13.3. The Hall–Kier alpha value is -0.930. The normalized spacial score (nSPS) is 17.2. The predicted molar refractivity (Wildman–Crippen MR) is 95.4 cm³/mol. The molecule has 1 aliphatic rings. The zero-order chi connectivity index (χ0) is 15.9. The minimum absolute atomic E-state index is 0.150.